The number of benzene rings is 3. The highest BCUT2D eigenvalue weighted by atomic mass is 35.5. The molecule has 13 heteroatoms. The van der Waals surface area contributed by atoms with E-state index in [2.05, 4.69) is 5.32 Å². The SMILES string of the molecule is CC[C@H](C)NC(=O)[C@@H](C)N(Cc1ccc(Cl)cc1Cl)C(=O)CN(c1cccc(C(F)(F)F)c1)S(=O)(=O)c1ccccc1. The summed E-state index contributed by atoms with van der Waals surface area (Å²) in [6.07, 6.45) is -4.14. The number of carbonyl (C=O) groups is 2. The Morgan fingerprint density at radius 1 is 0.952 bits per heavy atom. The molecule has 0 saturated carbocycles. The van der Waals surface area contributed by atoms with Gasteiger partial charge in [0.05, 0.1) is 16.1 Å². The Balaban J connectivity index is 2.10. The lowest BCUT2D eigenvalue weighted by molar-refractivity contribution is -0.139. The highest BCUT2D eigenvalue weighted by Crippen LogP contribution is 2.33. The molecule has 2 amide bonds. The van der Waals surface area contributed by atoms with E-state index in [1.54, 1.807) is 25.1 Å². The lowest BCUT2D eigenvalue weighted by Gasteiger charge is -2.32. The van der Waals surface area contributed by atoms with Gasteiger partial charge in [0.25, 0.3) is 10.0 Å². The number of halogens is 5. The second kappa shape index (κ2) is 13.8. The molecule has 2 atom stereocenters. The predicted molar refractivity (Wildman–Crippen MR) is 157 cm³/mol. The predicted octanol–water partition coefficient (Wildman–Crippen LogP) is 6.54. The highest BCUT2D eigenvalue weighted by Gasteiger charge is 2.35. The number of sulfonamides is 1. The molecule has 0 fully saturated rings. The minimum absolute atomic E-state index is 0.203. The quantitative estimate of drug-likeness (QED) is 0.257. The van der Waals surface area contributed by atoms with Crippen molar-refractivity contribution in [2.75, 3.05) is 10.8 Å². The first-order chi connectivity index (χ1) is 19.6. The zero-order valence-electron chi connectivity index (χ0n) is 23.0. The molecular weight excluding hydrogens is 614 g/mol. The van der Waals surface area contributed by atoms with Crippen molar-refractivity contribution >= 4 is 50.7 Å². The van der Waals surface area contributed by atoms with Crippen molar-refractivity contribution in [3.05, 3.63) is 94.0 Å². The maximum Gasteiger partial charge on any atom is 0.416 e. The second-order valence-corrected chi connectivity index (χ2v) is 12.3. The summed E-state index contributed by atoms with van der Waals surface area (Å²) >= 11 is 12.4. The molecule has 3 rings (SSSR count). The van der Waals surface area contributed by atoms with Crippen LogP contribution in [0.15, 0.2) is 77.7 Å². The maximum atomic E-state index is 13.9. The van der Waals surface area contributed by atoms with Crippen LogP contribution in [0.2, 0.25) is 10.0 Å². The van der Waals surface area contributed by atoms with Crippen molar-refractivity contribution in [1.29, 1.82) is 0 Å². The molecule has 42 heavy (non-hydrogen) atoms. The van der Waals surface area contributed by atoms with Gasteiger partial charge in [0, 0.05) is 22.6 Å². The Morgan fingerprint density at radius 2 is 1.62 bits per heavy atom. The van der Waals surface area contributed by atoms with Crippen LogP contribution in [0, 0.1) is 0 Å². The third-order valence-corrected chi connectivity index (χ3v) is 8.97. The van der Waals surface area contributed by atoms with Gasteiger partial charge in [0.1, 0.15) is 12.6 Å². The van der Waals surface area contributed by atoms with E-state index in [-0.39, 0.29) is 28.2 Å². The molecule has 7 nitrogen and oxygen atoms in total. The van der Waals surface area contributed by atoms with Gasteiger partial charge >= 0.3 is 6.18 Å². The van der Waals surface area contributed by atoms with E-state index in [4.69, 9.17) is 23.2 Å². The van der Waals surface area contributed by atoms with Gasteiger partial charge in [-0.25, -0.2) is 8.42 Å². The van der Waals surface area contributed by atoms with Crippen LogP contribution in [0.1, 0.15) is 38.3 Å². The first-order valence-corrected chi connectivity index (χ1v) is 15.1. The third kappa shape index (κ3) is 8.17. The van der Waals surface area contributed by atoms with Crippen LogP contribution in [0.25, 0.3) is 0 Å². The summed E-state index contributed by atoms with van der Waals surface area (Å²) in [5, 5.41) is 3.35. The molecule has 1 N–H and O–H groups in total. The van der Waals surface area contributed by atoms with Crippen LogP contribution in [-0.4, -0.2) is 43.8 Å². The monoisotopic (exact) mass is 643 g/mol. The maximum absolute atomic E-state index is 13.9. The topological polar surface area (TPSA) is 86.8 Å². The van der Waals surface area contributed by atoms with E-state index < -0.39 is 46.2 Å². The number of nitrogens with zero attached hydrogens (tertiary/aromatic N) is 2. The normalized spacial score (nSPS) is 13.2. The Hall–Kier alpha value is -3.28. The van der Waals surface area contributed by atoms with Gasteiger partial charge in [0.2, 0.25) is 11.8 Å². The first-order valence-electron chi connectivity index (χ1n) is 12.9. The number of amides is 2. The summed E-state index contributed by atoms with van der Waals surface area (Å²) in [6.45, 7) is 4.03. The number of hydrogen-bond acceptors (Lipinski definition) is 4. The van der Waals surface area contributed by atoms with Gasteiger partial charge < -0.3 is 10.2 Å². The van der Waals surface area contributed by atoms with E-state index in [1.807, 2.05) is 6.92 Å². The van der Waals surface area contributed by atoms with E-state index in [0.29, 0.717) is 27.4 Å². The Kier molecular flexibility index (Phi) is 10.9. The molecule has 0 radical (unpaired) electrons. The Bertz CT molecular complexity index is 1520. The molecule has 0 aliphatic carbocycles. The average Bonchev–Trinajstić information content (AvgIpc) is 2.94. The van der Waals surface area contributed by atoms with Gasteiger partial charge in [-0.1, -0.05) is 60.5 Å². The molecule has 0 unspecified atom stereocenters. The van der Waals surface area contributed by atoms with Crippen molar-refractivity contribution < 1.29 is 31.2 Å². The van der Waals surface area contributed by atoms with Gasteiger partial charge in [-0.2, -0.15) is 13.2 Å². The number of anilines is 1. The lowest BCUT2D eigenvalue weighted by atomic mass is 10.1. The third-order valence-electron chi connectivity index (χ3n) is 6.60. The van der Waals surface area contributed by atoms with Gasteiger partial charge in [-0.15, -0.1) is 0 Å². The van der Waals surface area contributed by atoms with Crippen LogP contribution in [-0.2, 0) is 32.3 Å². The molecular formula is C29H30Cl2F3N3O4S. The number of rotatable bonds is 11. The van der Waals surface area contributed by atoms with Crippen LogP contribution < -0.4 is 9.62 Å². The fourth-order valence-electron chi connectivity index (χ4n) is 3.97. The van der Waals surface area contributed by atoms with Crippen molar-refractivity contribution in [2.45, 2.75) is 56.9 Å². The largest absolute Gasteiger partial charge is 0.416 e. The molecule has 3 aromatic rings. The van der Waals surface area contributed by atoms with E-state index >= 15 is 0 Å². The van der Waals surface area contributed by atoms with Crippen molar-refractivity contribution in [2.24, 2.45) is 0 Å². The number of nitrogens with one attached hydrogen (secondary N) is 1. The molecule has 226 valence electrons. The summed E-state index contributed by atoms with van der Waals surface area (Å²) < 4.78 is 68.8. The van der Waals surface area contributed by atoms with Crippen LogP contribution in [0.5, 0.6) is 0 Å². The molecule has 0 aromatic heterocycles. The van der Waals surface area contributed by atoms with Crippen LogP contribution in [0.4, 0.5) is 18.9 Å². The second-order valence-electron chi connectivity index (χ2n) is 9.62. The molecule has 3 aromatic carbocycles. The summed E-state index contributed by atoms with van der Waals surface area (Å²) in [4.78, 5) is 27.9. The minimum Gasteiger partial charge on any atom is -0.352 e. The van der Waals surface area contributed by atoms with Gasteiger partial charge in [-0.3, -0.25) is 13.9 Å². The molecule has 0 aliphatic rings. The number of alkyl halides is 3. The van der Waals surface area contributed by atoms with Crippen LogP contribution >= 0.6 is 23.2 Å². The first kappa shape index (κ1) is 33.2. The van der Waals surface area contributed by atoms with E-state index in [1.165, 1.54) is 43.3 Å². The van der Waals surface area contributed by atoms with Crippen molar-refractivity contribution in [3.63, 3.8) is 0 Å². The summed E-state index contributed by atoms with van der Waals surface area (Å²) in [6, 6.07) is 14.0. The number of carbonyl (C=O) groups excluding carboxylic acids is 2. The zero-order chi connectivity index (χ0) is 31.2. The highest BCUT2D eigenvalue weighted by molar-refractivity contribution is 7.92. The smallest absolute Gasteiger partial charge is 0.352 e. The molecule has 0 saturated heterocycles. The fraction of sp³-hybridized carbons (Fsp3) is 0.310. The van der Waals surface area contributed by atoms with Gasteiger partial charge in [0.15, 0.2) is 0 Å². The zero-order valence-corrected chi connectivity index (χ0v) is 25.4. The van der Waals surface area contributed by atoms with Crippen molar-refractivity contribution in [1.82, 2.24) is 10.2 Å². The van der Waals surface area contributed by atoms with Gasteiger partial charge in [-0.05, 0) is 68.3 Å². The number of hydrogen-bond donors (Lipinski definition) is 1. The Labute approximate surface area is 253 Å². The van der Waals surface area contributed by atoms with E-state index in [0.717, 1.165) is 17.0 Å². The van der Waals surface area contributed by atoms with Crippen molar-refractivity contribution in [3.8, 4) is 0 Å². The Morgan fingerprint density at radius 3 is 2.21 bits per heavy atom. The lowest BCUT2D eigenvalue weighted by Crippen LogP contribution is -2.52. The average molecular weight is 645 g/mol. The summed E-state index contributed by atoms with van der Waals surface area (Å²) in [5.41, 5.74) is -1.04. The fourth-order valence-corrected chi connectivity index (χ4v) is 5.86. The molecule has 0 spiro atoms. The molecule has 0 bridgehead atoms. The van der Waals surface area contributed by atoms with E-state index in [9.17, 15) is 31.2 Å². The summed E-state index contributed by atoms with van der Waals surface area (Å²) in [5.74, 6) is -1.34. The standard InChI is InChI=1S/C29H30Cl2F3N3O4S/c1-4-19(2)35-28(39)20(3)36(17-21-13-14-23(30)16-26(21)31)27(38)18-37(42(40,41)25-11-6-5-7-12-25)24-10-8-9-22(15-24)29(32,33)34/h5-16,19-20H,4,17-18H2,1-3H3,(H,35,39)/t19-,20+/m0/s1. The van der Waals surface area contributed by atoms with Crippen LogP contribution in [0.3, 0.4) is 0 Å². The summed E-state index contributed by atoms with van der Waals surface area (Å²) in [7, 11) is -4.53. The molecule has 0 aliphatic heterocycles. The molecule has 0 heterocycles. The minimum atomic E-state index is -4.76.